The maximum absolute atomic E-state index is 3.89. The molecule has 0 saturated carbocycles. The van der Waals surface area contributed by atoms with Crippen LogP contribution in [0.15, 0.2) is 180 Å². The van der Waals surface area contributed by atoms with E-state index >= 15 is 0 Å². The van der Waals surface area contributed by atoms with Gasteiger partial charge in [-0.2, -0.15) is 0 Å². The van der Waals surface area contributed by atoms with E-state index in [9.17, 15) is 0 Å². The van der Waals surface area contributed by atoms with Crippen LogP contribution in [0, 0.1) is 0 Å². The molecule has 0 N–H and O–H groups in total. The van der Waals surface area contributed by atoms with Gasteiger partial charge in [-0.15, -0.1) is 0 Å². The van der Waals surface area contributed by atoms with Crippen LogP contribution in [0.25, 0.3) is 87.6 Å². The first-order valence-corrected chi connectivity index (χ1v) is 16.8. The summed E-state index contributed by atoms with van der Waals surface area (Å²) in [4.78, 5) is 0. The molecule has 0 aromatic heterocycles. The van der Waals surface area contributed by atoms with Gasteiger partial charge >= 0.3 is 0 Å². The molecule has 9 rings (SSSR count). The summed E-state index contributed by atoms with van der Waals surface area (Å²) in [7, 11) is 0. The van der Waals surface area contributed by atoms with Gasteiger partial charge in [-0.25, -0.2) is 0 Å². The molecule has 0 atom stereocenters. The highest BCUT2D eigenvalue weighted by molar-refractivity contribution is 9.10. The van der Waals surface area contributed by atoms with E-state index in [0.29, 0.717) is 0 Å². The second kappa shape index (κ2) is 11.4. The highest BCUT2D eigenvalue weighted by atomic mass is 79.9. The minimum atomic E-state index is 1.15. The average Bonchev–Trinajstić information content (AvgIpc) is 3.15. The zero-order valence-electron chi connectivity index (χ0n) is 25.6. The van der Waals surface area contributed by atoms with Crippen molar-refractivity contribution in [3.63, 3.8) is 0 Å². The Morgan fingerprint density at radius 1 is 0.213 bits per heavy atom. The van der Waals surface area contributed by atoms with Crippen LogP contribution in [0.1, 0.15) is 0 Å². The quantitative estimate of drug-likeness (QED) is 0.165. The maximum atomic E-state index is 3.89. The molecule has 0 aliphatic heterocycles. The first-order valence-electron chi connectivity index (χ1n) is 16.1. The molecule has 0 amide bonds. The largest absolute Gasteiger partial charge is 0.0622 e. The summed E-state index contributed by atoms with van der Waals surface area (Å²) >= 11 is 3.89. The first-order chi connectivity index (χ1) is 23.3. The molecule has 0 heterocycles. The molecule has 0 aliphatic rings. The lowest BCUT2D eigenvalue weighted by Gasteiger charge is -2.18. The van der Waals surface area contributed by atoms with E-state index in [1.807, 2.05) is 0 Å². The number of hydrogen-bond acceptors (Lipinski definition) is 0. The Balaban J connectivity index is 1.15. The van der Waals surface area contributed by atoms with Gasteiger partial charge < -0.3 is 0 Å². The Labute approximate surface area is 282 Å². The SMILES string of the molecule is Brc1c2ccccc2c(-c2ccc(-c3ccc(-c4c5ccccc5c(-c5ccccc5)c5ccccc45)cc3)cc2)c2ccccc12. The third-order valence-corrected chi connectivity index (χ3v) is 10.4. The highest BCUT2D eigenvalue weighted by Gasteiger charge is 2.17. The van der Waals surface area contributed by atoms with E-state index in [4.69, 9.17) is 0 Å². The topological polar surface area (TPSA) is 0 Å². The Morgan fingerprint density at radius 3 is 0.787 bits per heavy atom. The molecular weight excluding hydrogens is 632 g/mol. The smallest absolute Gasteiger partial charge is 0.0332 e. The summed E-state index contributed by atoms with van der Waals surface area (Å²) in [6.45, 7) is 0. The van der Waals surface area contributed by atoms with Crippen LogP contribution in [-0.2, 0) is 0 Å². The third kappa shape index (κ3) is 4.58. The van der Waals surface area contributed by atoms with Crippen LogP contribution in [0.4, 0.5) is 0 Å². The van der Waals surface area contributed by atoms with E-state index in [1.54, 1.807) is 0 Å². The molecule has 1 heteroatoms. The molecule has 0 aliphatic carbocycles. The van der Waals surface area contributed by atoms with Gasteiger partial charge in [0.15, 0.2) is 0 Å². The molecule has 220 valence electrons. The van der Waals surface area contributed by atoms with Crippen LogP contribution in [0.2, 0.25) is 0 Å². The molecule has 0 radical (unpaired) electrons. The predicted molar refractivity (Wildman–Crippen MR) is 206 cm³/mol. The van der Waals surface area contributed by atoms with Crippen LogP contribution in [-0.4, -0.2) is 0 Å². The maximum Gasteiger partial charge on any atom is 0.0332 e. The fourth-order valence-electron chi connectivity index (χ4n) is 7.40. The Hall–Kier alpha value is -5.50. The van der Waals surface area contributed by atoms with Crippen molar-refractivity contribution in [2.75, 3.05) is 0 Å². The lowest BCUT2D eigenvalue weighted by atomic mass is 9.85. The van der Waals surface area contributed by atoms with Gasteiger partial charge in [-0.3, -0.25) is 0 Å². The normalized spacial score (nSPS) is 11.5. The molecule has 0 bridgehead atoms. The molecule has 0 saturated heterocycles. The van der Waals surface area contributed by atoms with Gasteiger partial charge in [0.25, 0.3) is 0 Å². The molecule has 0 fully saturated rings. The molecular formula is C46H29Br. The number of halogens is 1. The van der Waals surface area contributed by atoms with Gasteiger partial charge in [-0.1, -0.05) is 176 Å². The van der Waals surface area contributed by atoms with Crippen LogP contribution in [0.5, 0.6) is 0 Å². The highest BCUT2D eigenvalue weighted by Crippen LogP contribution is 2.45. The van der Waals surface area contributed by atoms with Crippen molar-refractivity contribution < 1.29 is 0 Å². The molecule has 47 heavy (non-hydrogen) atoms. The second-order valence-electron chi connectivity index (χ2n) is 12.1. The third-order valence-electron chi connectivity index (χ3n) is 9.54. The van der Waals surface area contributed by atoms with Crippen molar-refractivity contribution in [2.24, 2.45) is 0 Å². The molecule has 9 aromatic carbocycles. The van der Waals surface area contributed by atoms with Crippen molar-refractivity contribution in [3.8, 4) is 44.5 Å². The number of fused-ring (bicyclic) bond motifs is 4. The van der Waals surface area contributed by atoms with Crippen LogP contribution in [0.3, 0.4) is 0 Å². The van der Waals surface area contributed by atoms with Crippen molar-refractivity contribution in [1.29, 1.82) is 0 Å². The van der Waals surface area contributed by atoms with Crippen molar-refractivity contribution in [1.82, 2.24) is 0 Å². The summed E-state index contributed by atoms with van der Waals surface area (Å²) in [5.74, 6) is 0. The van der Waals surface area contributed by atoms with Gasteiger partial charge in [0.2, 0.25) is 0 Å². The summed E-state index contributed by atoms with van der Waals surface area (Å²) in [5.41, 5.74) is 9.97. The average molecular weight is 662 g/mol. The zero-order valence-corrected chi connectivity index (χ0v) is 27.2. The van der Waals surface area contributed by atoms with Crippen molar-refractivity contribution in [2.45, 2.75) is 0 Å². The van der Waals surface area contributed by atoms with Crippen LogP contribution >= 0.6 is 15.9 Å². The zero-order chi connectivity index (χ0) is 31.3. The van der Waals surface area contributed by atoms with Crippen molar-refractivity contribution in [3.05, 3.63) is 180 Å². The fraction of sp³-hybridized carbons (Fsp3) is 0. The monoisotopic (exact) mass is 660 g/mol. The Bertz CT molecular complexity index is 2480. The second-order valence-corrected chi connectivity index (χ2v) is 12.9. The summed E-state index contributed by atoms with van der Waals surface area (Å²) < 4.78 is 1.15. The molecule has 9 aromatic rings. The van der Waals surface area contributed by atoms with Gasteiger partial charge in [0.1, 0.15) is 0 Å². The van der Waals surface area contributed by atoms with E-state index < -0.39 is 0 Å². The fourth-order valence-corrected chi connectivity index (χ4v) is 8.09. The van der Waals surface area contributed by atoms with Gasteiger partial charge in [-0.05, 0) is 104 Å². The van der Waals surface area contributed by atoms with E-state index in [2.05, 4.69) is 192 Å². The Kier molecular flexibility index (Phi) is 6.73. The number of hydrogen-bond donors (Lipinski definition) is 0. The minimum absolute atomic E-state index is 1.15. The van der Waals surface area contributed by atoms with Crippen LogP contribution < -0.4 is 0 Å². The van der Waals surface area contributed by atoms with Gasteiger partial charge in [0, 0.05) is 4.47 Å². The molecule has 0 unspecified atom stereocenters. The molecule has 0 spiro atoms. The summed E-state index contributed by atoms with van der Waals surface area (Å²) in [6.07, 6.45) is 0. The molecule has 0 nitrogen and oxygen atoms in total. The lowest BCUT2D eigenvalue weighted by Crippen LogP contribution is -1.90. The number of benzene rings is 9. The lowest BCUT2D eigenvalue weighted by molar-refractivity contribution is 1.60. The minimum Gasteiger partial charge on any atom is -0.0622 e. The summed E-state index contributed by atoms with van der Waals surface area (Å²) in [6, 6.07) is 64.0. The predicted octanol–water partition coefficient (Wildman–Crippen LogP) is 13.7. The van der Waals surface area contributed by atoms with E-state index in [1.165, 1.54) is 87.6 Å². The van der Waals surface area contributed by atoms with Crippen molar-refractivity contribution >= 4 is 59.0 Å². The number of rotatable bonds is 4. The van der Waals surface area contributed by atoms with Gasteiger partial charge in [0.05, 0.1) is 0 Å². The van der Waals surface area contributed by atoms with E-state index in [-0.39, 0.29) is 0 Å². The Morgan fingerprint density at radius 2 is 0.447 bits per heavy atom. The van der Waals surface area contributed by atoms with E-state index in [0.717, 1.165) is 4.47 Å². The standard InChI is InChI=1S/C46H29Br/c47-46-41-20-10-8-18-39(41)45(40-19-9-11-21-42(40)46)34-28-24-31(25-29-34)30-22-26-33(27-23-30)44-37-16-6-4-14-35(37)43(32-12-2-1-3-13-32)36-15-5-7-17-38(36)44/h1-29H. The summed E-state index contributed by atoms with van der Waals surface area (Å²) in [5, 5.41) is 10.1. The first kappa shape index (κ1) is 27.8.